The molecule has 0 saturated carbocycles. The maximum atomic E-state index is 12.2. The van der Waals surface area contributed by atoms with Gasteiger partial charge >= 0.3 is 12.2 Å². The second-order valence-corrected chi connectivity index (χ2v) is 6.20. The van der Waals surface area contributed by atoms with Crippen molar-refractivity contribution in [2.24, 2.45) is 0 Å². The van der Waals surface area contributed by atoms with Crippen molar-refractivity contribution in [1.29, 1.82) is 0 Å². The molecule has 24 heavy (non-hydrogen) atoms. The number of halogens is 3. The Morgan fingerprint density at radius 3 is 3.00 bits per heavy atom. The summed E-state index contributed by atoms with van der Waals surface area (Å²) in [6, 6.07) is 5.23. The Morgan fingerprint density at radius 2 is 2.25 bits per heavy atom. The number of fused-ring (bicyclic) bond motifs is 1. The van der Waals surface area contributed by atoms with Gasteiger partial charge in [0.2, 0.25) is 0 Å². The third-order valence-electron chi connectivity index (χ3n) is 4.19. The Kier molecular flexibility index (Phi) is 4.38. The summed E-state index contributed by atoms with van der Waals surface area (Å²) in [6.07, 6.45) is -2.82. The fraction of sp³-hybridized carbons (Fsp3) is 0.500. The minimum atomic E-state index is -4.40. The van der Waals surface area contributed by atoms with Crippen molar-refractivity contribution in [3.05, 3.63) is 29.6 Å². The number of aromatic nitrogens is 2. The number of imidazole rings is 1. The minimum Gasteiger partial charge on any atom is -0.342 e. The first kappa shape index (κ1) is 16.6. The maximum Gasteiger partial charge on any atom is 0.405 e. The van der Waals surface area contributed by atoms with Crippen LogP contribution in [0.5, 0.6) is 0 Å². The zero-order valence-electron chi connectivity index (χ0n) is 13.3. The van der Waals surface area contributed by atoms with Gasteiger partial charge in [-0.05, 0) is 37.5 Å². The molecule has 1 aliphatic rings. The zero-order valence-corrected chi connectivity index (χ0v) is 13.3. The average Bonchev–Trinajstić information content (AvgIpc) is 2.95. The van der Waals surface area contributed by atoms with Gasteiger partial charge in [-0.25, -0.2) is 9.78 Å². The average molecular weight is 340 g/mol. The van der Waals surface area contributed by atoms with Crippen LogP contribution in [0.25, 0.3) is 11.0 Å². The summed E-state index contributed by atoms with van der Waals surface area (Å²) in [5, 5.41) is 1.93. The normalized spacial score (nSPS) is 18.8. The highest BCUT2D eigenvalue weighted by atomic mass is 19.4. The van der Waals surface area contributed by atoms with Gasteiger partial charge in [0, 0.05) is 19.0 Å². The second-order valence-electron chi connectivity index (χ2n) is 6.20. The molecule has 1 fully saturated rings. The van der Waals surface area contributed by atoms with E-state index in [1.807, 2.05) is 30.4 Å². The van der Waals surface area contributed by atoms with E-state index in [0.29, 0.717) is 13.1 Å². The van der Waals surface area contributed by atoms with Gasteiger partial charge in [0.25, 0.3) is 0 Å². The standard InChI is InChI=1S/C16H19F3N4O/c1-10-4-5-12-13(7-10)22-14(21-12)11-3-2-6-23(8-11)15(24)20-9-16(17,18)19/h4-5,7,11H,2-3,6,8-9H2,1H3,(H,20,24)(H,21,22)/t11-/m1/s1. The third kappa shape index (κ3) is 3.80. The molecule has 3 rings (SSSR count). The number of alkyl halides is 3. The first-order valence-corrected chi connectivity index (χ1v) is 7.87. The van der Waals surface area contributed by atoms with Gasteiger partial charge in [-0.1, -0.05) is 6.07 Å². The van der Waals surface area contributed by atoms with Crippen LogP contribution in [0.1, 0.15) is 30.1 Å². The summed E-state index contributed by atoms with van der Waals surface area (Å²) in [5.41, 5.74) is 2.91. The van der Waals surface area contributed by atoms with E-state index in [4.69, 9.17) is 0 Å². The number of rotatable bonds is 2. The molecule has 1 atom stereocenters. The number of amides is 2. The van der Waals surface area contributed by atoms with E-state index in [2.05, 4.69) is 9.97 Å². The number of nitrogens with one attached hydrogen (secondary N) is 2. The highest BCUT2D eigenvalue weighted by Gasteiger charge is 2.31. The lowest BCUT2D eigenvalue weighted by atomic mass is 9.97. The predicted octanol–water partition coefficient (Wildman–Crippen LogP) is 3.32. The zero-order chi connectivity index (χ0) is 17.3. The van der Waals surface area contributed by atoms with Crippen molar-refractivity contribution in [1.82, 2.24) is 20.2 Å². The van der Waals surface area contributed by atoms with Crippen LogP contribution in [-0.4, -0.2) is 46.7 Å². The maximum absolute atomic E-state index is 12.2. The predicted molar refractivity (Wildman–Crippen MR) is 83.8 cm³/mol. The molecule has 2 amide bonds. The monoisotopic (exact) mass is 340 g/mol. The smallest absolute Gasteiger partial charge is 0.342 e. The number of aromatic amines is 1. The molecule has 1 saturated heterocycles. The van der Waals surface area contributed by atoms with Gasteiger partial charge in [0.15, 0.2) is 0 Å². The Labute approximate surface area is 137 Å². The van der Waals surface area contributed by atoms with Crippen LogP contribution < -0.4 is 5.32 Å². The minimum absolute atomic E-state index is 0.00286. The number of urea groups is 1. The van der Waals surface area contributed by atoms with E-state index < -0.39 is 18.8 Å². The first-order valence-electron chi connectivity index (χ1n) is 7.87. The summed E-state index contributed by atoms with van der Waals surface area (Å²) in [4.78, 5) is 21.2. The number of likely N-dealkylation sites (tertiary alicyclic amines) is 1. The van der Waals surface area contributed by atoms with Gasteiger partial charge in [-0.3, -0.25) is 0 Å². The Morgan fingerprint density at radius 1 is 1.46 bits per heavy atom. The number of carbonyl (C=O) groups excluding carboxylic acids is 1. The highest BCUT2D eigenvalue weighted by Crippen LogP contribution is 2.27. The van der Waals surface area contributed by atoms with Gasteiger partial charge in [-0.15, -0.1) is 0 Å². The molecule has 0 spiro atoms. The molecule has 1 aromatic heterocycles. The summed E-state index contributed by atoms with van der Waals surface area (Å²) >= 11 is 0. The lowest BCUT2D eigenvalue weighted by Gasteiger charge is -2.32. The highest BCUT2D eigenvalue weighted by molar-refractivity contribution is 5.76. The molecule has 1 aliphatic heterocycles. The molecule has 8 heteroatoms. The van der Waals surface area contributed by atoms with Crippen molar-refractivity contribution in [3.63, 3.8) is 0 Å². The number of benzene rings is 1. The Hall–Kier alpha value is -2.25. The lowest BCUT2D eigenvalue weighted by molar-refractivity contribution is -0.123. The number of piperidine rings is 1. The summed E-state index contributed by atoms with van der Waals surface area (Å²) in [6.45, 7) is 1.51. The molecule has 0 bridgehead atoms. The first-order chi connectivity index (χ1) is 11.3. The van der Waals surface area contributed by atoms with Gasteiger partial charge < -0.3 is 15.2 Å². The van der Waals surface area contributed by atoms with Crippen LogP contribution in [0.3, 0.4) is 0 Å². The fourth-order valence-corrected chi connectivity index (χ4v) is 3.01. The topological polar surface area (TPSA) is 61.0 Å². The van der Waals surface area contributed by atoms with Gasteiger partial charge in [0.1, 0.15) is 12.4 Å². The van der Waals surface area contributed by atoms with E-state index in [1.54, 1.807) is 0 Å². The van der Waals surface area contributed by atoms with E-state index in [9.17, 15) is 18.0 Å². The summed E-state index contributed by atoms with van der Waals surface area (Å²) < 4.78 is 36.7. The van der Waals surface area contributed by atoms with E-state index in [0.717, 1.165) is 35.3 Å². The van der Waals surface area contributed by atoms with Gasteiger partial charge in [-0.2, -0.15) is 13.2 Å². The summed E-state index contributed by atoms with van der Waals surface area (Å²) in [7, 11) is 0. The van der Waals surface area contributed by atoms with E-state index in [1.165, 1.54) is 4.90 Å². The molecule has 0 aliphatic carbocycles. The number of H-pyrrole nitrogens is 1. The van der Waals surface area contributed by atoms with Gasteiger partial charge in [0.05, 0.1) is 11.0 Å². The van der Waals surface area contributed by atoms with Crippen LogP contribution >= 0.6 is 0 Å². The molecule has 0 radical (unpaired) electrons. The van der Waals surface area contributed by atoms with Crippen LogP contribution in [0.4, 0.5) is 18.0 Å². The lowest BCUT2D eigenvalue weighted by Crippen LogP contribution is -2.47. The number of carbonyl (C=O) groups is 1. The number of hydrogen-bond acceptors (Lipinski definition) is 2. The Bertz CT molecular complexity index is 740. The molecule has 1 aromatic carbocycles. The molecule has 2 heterocycles. The molecule has 130 valence electrons. The SMILES string of the molecule is Cc1ccc2nc([C@@H]3CCCN(C(=O)NCC(F)(F)F)C3)[nH]c2c1. The second kappa shape index (κ2) is 6.33. The molecular weight excluding hydrogens is 321 g/mol. The fourth-order valence-electron chi connectivity index (χ4n) is 3.01. The number of hydrogen-bond donors (Lipinski definition) is 2. The molecule has 5 nitrogen and oxygen atoms in total. The molecule has 0 unspecified atom stereocenters. The van der Waals surface area contributed by atoms with E-state index >= 15 is 0 Å². The molecule has 2 aromatic rings. The van der Waals surface area contributed by atoms with Crippen LogP contribution in [0, 0.1) is 6.92 Å². The Balaban J connectivity index is 1.69. The molecular formula is C16H19F3N4O. The van der Waals surface area contributed by atoms with Crippen LogP contribution in [0.15, 0.2) is 18.2 Å². The van der Waals surface area contributed by atoms with Crippen molar-refractivity contribution < 1.29 is 18.0 Å². The summed E-state index contributed by atoms with van der Waals surface area (Å²) in [5.74, 6) is 0.784. The van der Waals surface area contributed by atoms with Crippen LogP contribution in [-0.2, 0) is 0 Å². The number of aryl methyl sites for hydroxylation is 1. The van der Waals surface area contributed by atoms with E-state index in [-0.39, 0.29) is 5.92 Å². The largest absolute Gasteiger partial charge is 0.405 e. The van der Waals surface area contributed by atoms with Crippen molar-refractivity contribution in [3.8, 4) is 0 Å². The number of nitrogens with zero attached hydrogens (tertiary/aromatic N) is 2. The van der Waals surface area contributed by atoms with Crippen molar-refractivity contribution >= 4 is 17.1 Å². The third-order valence-corrected chi connectivity index (χ3v) is 4.19. The van der Waals surface area contributed by atoms with Crippen molar-refractivity contribution in [2.75, 3.05) is 19.6 Å². The van der Waals surface area contributed by atoms with Crippen LogP contribution in [0.2, 0.25) is 0 Å². The van der Waals surface area contributed by atoms with Crippen molar-refractivity contribution in [2.45, 2.75) is 31.9 Å². The quantitative estimate of drug-likeness (QED) is 0.881. The molecule has 2 N–H and O–H groups in total.